The highest BCUT2D eigenvalue weighted by Gasteiger charge is 2.33. The first-order chi connectivity index (χ1) is 10.0. The van der Waals surface area contributed by atoms with Crippen molar-refractivity contribution in [2.45, 2.75) is 39.7 Å². The highest BCUT2D eigenvalue weighted by molar-refractivity contribution is 6.01. The molecule has 0 amide bonds. The first-order valence-corrected chi connectivity index (χ1v) is 7.10. The Bertz CT molecular complexity index is 463. The molecule has 0 N–H and O–H groups in total. The molecule has 1 rings (SSSR count). The smallest absolute Gasteiger partial charge is 0.325 e. The summed E-state index contributed by atoms with van der Waals surface area (Å²) in [5, 5.41) is 0. The standard InChI is InChI=1S/C16H22O5/c1-5-19-15(17)14(16(18)20-6-2)12-9-7-8-10-13(12)21-11(3)4/h7-11,14H,5-6H2,1-4H3. The molecule has 0 radical (unpaired) electrons. The first-order valence-electron chi connectivity index (χ1n) is 7.10. The molecule has 0 bridgehead atoms. The lowest BCUT2D eigenvalue weighted by Gasteiger charge is -2.19. The summed E-state index contributed by atoms with van der Waals surface area (Å²) >= 11 is 0. The molecule has 0 aromatic heterocycles. The number of para-hydroxylation sites is 1. The Hall–Kier alpha value is -2.04. The number of carbonyl (C=O) groups excluding carboxylic acids is 2. The quantitative estimate of drug-likeness (QED) is 0.571. The Morgan fingerprint density at radius 2 is 1.52 bits per heavy atom. The molecule has 0 atom stereocenters. The van der Waals surface area contributed by atoms with Crippen LogP contribution < -0.4 is 4.74 Å². The van der Waals surface area contributed by atoms with Gasteiger partial charge in [0.25, 0.3) is 0 Å². The molecule has 0 saturated heterocycles. The van der Waals surface area contributed by atoms with Gasteiger partial charge in [-0.15, -0.1) is 0 Å². The zero-order valence-electron chi connectivity index (χ0n) is 12.9. The minimum Gasteiger partial charge on any atom is -0.491 e. The molecular weight excluding hydrogens is 272 g/mol. The number of rotatable bonds is 7. The number of ether oxygens (including phenoxy) is 3. The number of hydrogen-bond donors (Lipinski definition) is 0. The van der Waals surface area contributed by atoms with E-state index < -0.39 is 17.9 Å². The number of carbonyl (C=O) groups is 2. The second-order valence-corrected chi connectivity index (χ2v) is 4.64. The van der Waals surface area contributed by atoms with Crippen molar-refractivity contribution in [1.29, 1.82) is 0 Å². The van der Waals surface area contributed by atoms with Gasteiger partial charge in [-0.3, -0.25) is 9.59 Å². The lowest BCUT2D eigenvalue weighted by Crippen LogP contribution is -2.27. The van der Waals surface area contributed by atoms with Crippen LogP contribution in [0.1, 0.15) is 39.2 Å². The van der Waals surface area contributed by atoms with Crippen molar-refractivity contribution in [2.75, 3.05) is 13.2 Å². The van der Waals surface area contributed by atoms with Crippen molar-refractivity contribution < 1.29 is 23.8 Å². The van der Waals surface area contributed by atoms with Crippen LogP contribution in [0.4, 0.5) is 0 Å². The normalized spacial score (nSPS) is 10.6. The molecule has 116 valence electrons. The Balaban J connectivity index is 3.19. The minimum atomic E-state index is -1.13. The van der Waals surface area contributed by atoms with Gasteiger partial charge in [-0.1, -0.05) is 18.2 Å². The Kier molecular flexibility index (Phi) is 6.72. The zero-order chi connectivity index (χ0) is 15.8. The first kappa shape index (κ1) is 17.0. The van der Waals surface area contributed by atoms with Gasteiger partial charge in [-0.2, -0.15) is 0 Å². The predicted molar refractivity (Wildman–Crippen MR) is 78.2 cm³/mol. The highest BCUT2D eigenvalue weighted by atomic mass is 16.6. The van der Waals surface area contributed by atoms with E-state index in [1.54, 1.807) is 38.1 Å². The third-order valence-corrected chi connectivity index (χ3v) is 2.64. The molecule has 0 unspecified atom stereocenters. The van der Waals surface area contributed by atoms with Gasteiger partial charge in [0.1, 0.15) is 5.75 Å². The summed E-state index contributed by atoms with van der Waals surface area (Å²) in [7, 11) is 0. The van der Waals surface area contributed by atoms with Gasteiger partial charge in [-0.25, -0.2) is 0 Å². The molecule has 21 heavy (non-hydrogen) atoms. The molecule has 0 spiro atoms. The van der Waals surface area contributed by atoms with Crippen LogP contribution >= 0.6 is 0 Å². The minimum absolute atomic E-state index is 0.0730. The van der Waals surface area contributed by atoms with E-state index in [4.69, 9.17) is 14.2 Å². The van der Waals surface area contributed by atoms with Gasteiger partial charge < -0.3 is 14.2 Å². The lowest BCUT2D eigenvalue weighted by molar-refractivity contribution is -0.157. The molecule has 0 heterocycles. The lowest BCUT2D eigenvalue weighted by atomic mass is 9.98. The summed E-state index contributed by atoms with van der Waals surface area (Å²) in [4.78, 5) is 24.2. The molecule has 5 heteroatoms. The molecule has 1 aromatic carbocycles. The van der Waals surface area contributed by atoms with E-state index >= 15 is 0 Å². The fourth-order valence-corrected chi connectivity index (χ4v) is 1.88. The maximum Gasteiger partial charge on any atom is 0.325 e. The van der Waals surface area contributed by atoms with E-state index in [1.807, 2.05) is 13.8 Å². The topological polar surface area (TPSA) is 61.8 Å². The molecule has 0 fully saturated rings. The van der Waals surface area contributed by atoms with Crippen LogP contribution in [-0.4, -0.2) is 31.3 Å². The largest absolute Gasteiger partial charge is 0.491 e. The van der Waals surface area contributed by atoms with Crippen LogP contribution in [-0.2, 0) is 19.1 Å². The zero-order valence-corrected chi connectivity index (χ0v) is 12.9. The molecule has 0 aliphatic rings. The van der Waals surface area contributed by atoms with Crippen LogP contribution in [0, 0.1) is 0 Å². The fourth-order valence-electron chi connectivity index (χ4n) is 1.88. The van der Waals surface area contributed by atoms with Crippen LogP contribution in [0.2, 0.25) is 0 Å². The van der Waals surface area contributed by atoms with Gasteiger partial charge in [0.2, 0.25) is 0 Å². The number of hydrogen-bond acceptors (Lipinski definition) is 5. The van der Waals surface area contributed by atoms with Gasteiger partial charge in [0.05, 0.1) is 19.3 Å². The van der Waals surface area contributed by atoms with Crippen molar-refractivity contribution in [1.82, 2.24) is 0 Å². The summed E-state index contributed by atoms with van der Waals surface area (Å²) in [5.74, 6) is -1.90. The average molecular weight is 294 g/mol. The summed E-state index contributed by atoms with van der Waals surface area (Å²) < 4.78 is 15.6. The van der Waals surface area contributed by atoms with E-state index in [1.165, 1.54) is 0 Å². The molecule has 0 saturated carbocycles. The van der Waals surface area contributed by atoms with Crippen molar-refractivity contribution in [2.24, 2.45) is 0 Å². The van der Waals surface area contributed by atoms with Crippen LogP contribution in [0.15, 0.2) is 24.3 Å². The van der Waals surface area contributed by atoms with Crippen molar-refractivity contribution >= 4 is 11.9 Å². The van der Waals surface area contributed by atoms with Gasteiger partial charge in [0.15, 0.2) is 5.92 Å². The van der Waals surface area contributed by atoms with Crippen LogP contribution in [0.25, 0.3) is 0 Å². The van der Waals surface area contributed by atoms with Crippen molar-refractivity contribution in [3.8, 4) is 5.75 Å². The molecule has 0 aliphatic carbocycles. The summed E-state index contributed by atoms with van der Waals surface area (Å²) in [6, 6.07) is 6.93. The Morgan fingerprint density at radius 3 is 2.00 bits per heavy atom. The van der Waals surface area contributed by atoms with Gasteiger partial charge in [-0.05, 0) is 33.8 Å². The molecular formula is C16H22O5. The Labute approximate surface area is 125 Å². The Morgan fingerprint density at radius 1 is 1.00 bits per heavy atom. The molecule has 5 nitrogen and oxygen atoms in total. The van der Waals surface area contributed by atoms with Gasteiger partial charge >= 0.3 is 11.9 Å². The van der Waals surface area contributed by atoms with Gasteiger partial charge in [0, 0.05) is 5.56 Å². The van der Waals surface area contributed by atoms with E-state index in [-0.39, 0.29) is 19.3 Å². The second-order valence-electron chi connectivity index (χ2n) is 4.64. The monoisotopic (exact) mass is 294 g/mol. The summed E-state index contributed by atoms with van der Waals surface area (Å²) in [6.45, 7) is 7.53. The van der Waals surface area contributed by atoms with E-state index in [2.05, 4.69) is 0 Å². The van der Waals surface area contributed by atoms with Crippen molar-refractivity contribution in [3.05, 3.63) is 29.8 Å². The SMILES string of the molecule is CCOC(=O)C(C(=O)OCC)c1ccccc1OC(C)C. The maximum atomic E-state index is 12.1. The summed E-state index contributed by atoms with van der Waals surface area (Å²) in [6.07, 6.45) is -0.0730. The third-order valence-electron chi connectivity index (χ3n) is 2.64. The van der Waals surface area contributed by atoms with E-state index in [0.717, 1.165) is 0 Å². The third kappa shape index (κ3) is 4.77. The predicted octanol–water partition coefficient (Wildman–Crippen LogP) is 2.68. The van der Waals surface area contributed by atoms with Crippen LogP contribution in [0.5, 0.6) is 5.75 Å². The van der Waals surface area contributed by atoms with E-state index in [0.29, 0.717) is 11.3 Å². The summed E-state index contributed by atoms with van der Waals surface area (Å²) in [5.41, 5.74) is 0.461. The maximum absolute atomic E-state index is 12.1. The highest BCUT2D eigenvalue weighted by Crippen LogP contribution is 2.29. The number of benzene rings is 1. The van der Waals surface area contributed by atoms with Crippen molar-refractivity contribution in [3.63, 3.8) is 0 Å². The molecule has 1 aromatic rings. The second kappa shape index (κ2) is 8.29. The molecule has 0 aliphatic heterocycles. The average Bonchev–Trinajstić information content (AvgIpc) is 2.41. The van der Waals surface area contributed by atoms with Crippen LogP contribution in [0.3, 0.4) is 0 Å². The van der Waals surface area contributed by atoms with E-state index in [9.17, 15) is 9.59 Å². The fraction of sp³-hybridized carbons (Fsp3) is 0.500. The number of esters is 2.